The van der Waals surface area contributed by atoms with Crippen LogP contribution >= 0.6 is 0 Å². The lowest BCUT2D eigenvalue weighted by Gasteiger charge is -2.39. The summed E-state index contributed by atoms with van der Waals surface area (Å²) in [5.41, 5.74) is 4.46. The molecule has 0 saturated carbocycles. The molecule has 2 unspecified atom stereocenters. The number of benzene rings is 2. The number of carboxylic acid groups (broad SMARTS) is 1. The Kier molecular flexibility index (Phi) is 7.17. The summed E-state index contributed by atoms with van der Waals surface area (Å²) in [7, 11) is 1.44. The Labute approximate surface area is 198 Å². The number of fused-ring (bicyclic) bond motifs is 3. The fraction of sp³-hybridized carbons (Fsp3) is 0.423. The number of likely N-dealkylation sites (tertiary alicyclic amines) is 1. The van der Waals surface area contributed by atoms with Crippen LogP contribution in [-0.4, -0.2) is 66.9 Å². The molecule has 2 amide bonds. The lowest BCUT2D eigenvalue weighted by atomic mass is 9.90. The van der Waals surface area contributed by atoms with Gasteiger partial charge < -0.3 is 24.8 Å². The maximum atomic E-state index is 13.2. The average Bonchev–Trinajstić information content (AvgIpc) is 3.16. The minimum atomic E-state index is -0.962. The van der Waals surface area contributed by atoms with Crippen molar-refractivity contribution in [2.24, 2.45) is 5.92 Å². The molecule has 2 N–H and O–H groups in total. The van der Waals surface area contributed by atoms with Crippen molar-refractivity contribution in [1.82, 2.24) is 10.2 Å². The monoisotopic (exact) mass is 466 g/mol. The van der Waals surface area contributed by atoms with Crippen molar-refractivity contribution in [3.63, 3.8) is 0 Å². The van der Waals surface area contributed by atoms with Crippen LogP contribution in [0.25, 0.3) is 11.1 Å². The molecule has 0 aromatic heterocycles. The molecule has 2 aliphatic rings. The Morgan fingerprint density at radius 3 is 2.29 bits per heavy atom. The standard InChI is InChI=1S/C26H30N2O6/c1-16-17(25(30)31)12-7-13-28(16)24(29)23(15-33-2)27-26(32)34-14-22-20-10-5-3-8-18(20)19-9-4-6-11-21(19)22/h3-6,8-11,16-17,22-23H,7,12-15H2,1-2H3,(H,27,32)(H,30,31)/t16?,17?,23-/m0/s1. The van der Waals surface area contributed by atoms with Gasteiger partial charge in [0.05, 0.1) is 12.5 Å². The number of carbonyl (C=O) groups excluding carboxylic acids is 2. The van der Waals surface area contributed by atoms with Gasteiger partial charge >= 0.3 is 12.1 Å². The van der Waals surface area contributed by atoms with Gasteiger partial charge in [0.1, 0.15) is 12.6 Å². The number of hydrogen-bond donors (Lipinski definition) is 2. The highest BCUT2D eigenvalue weighted by Crippen LogP contribution is 2.44. The van der Waals surface area contributed by atoms with Crippen molar-refractivity contribution in [2.45, 2.75) is 37.8 Å². The third kappa shape index (κ3) is 4.63. The first-order chi connectivity index (χ1) is 16.4. The number of alkyl carbamates (subject to hydrolysis) is 1. The van der Waals surface area contributed by atoms with E-state index in [4.69, 9.17) is 9.47 Å². The van der Waals surface area contributed by atoms with Crippen LogP contribution < -0.4 is 5.32 Å². The van der Waals surface area contributed by atoms with Crippen LogP contribution in [0.5, 0.6) is 0 Å². The quantitative estimate of drug-likeness (QED) is 0.649. The fourth-order valence-corrected chi connectivity index (χ4v) is 5.11. The average molecular weight is 467 g/mol. The largest absolute Gasteiger partial charge is 0.481 e. The highest BCUT2D eigenvalue weighted by atomic mass is 16.5. The third-order valence-electron chi connectivity index (χ3n) is 6.86. The SMILES string of the molecule is COC[C@H](NC(=O)OCC1c2ccccc2-c2ccccc21)C(=O)N1CCCC(C(=O)O)C1C. The molecule has 180 valence electrons. The van der Waals surface area contributed by atoms with E-state index in [1.54, 1.807) is 6.92 Å². The van der Waals surface area contributed by atoms with Gasteiger partial charge in [-0.2, -0.15) is 0 Å². The number of amides is 2. The number of nitrogens with one attached hydrogen (secondary N) is 1. The zero-order valence-corrected chi connectivity index (χ0v) is 19.4. The number of carboxylic acids is 1. The van der Waals surface area contributed by atoms with Gasteiger partial charge in [-0.05, 0) is 42.0 Å². The smallest absolute Gasteiger partial charge is 0.407 e. The summed E-state index contributed by atoms with van der Waals surface area (Å²) in [5, 5.41) is 12.1. The lowest BCUT2D eigenvalue weighted by molar-refractivity contribution is -0.150. The normalized spacial score (nSPS) is 20.2. The lowest BCUT2D eigenvalue weighted by Crippen LogP contribution is -2.57. The van der Waals surface area contributed by atoms with E-state index in [-0.39, 0.29) is 25.0 Å². The van der Waals surface area contributed by atoms with Gasteiger partial charge in [0.25, 0.3) is 0 Å². The molecule has 1 saturated heterocycles. The van der Waals surface area contributed by atoms with Crippen LogP contribution in [-0.2, 0) is 19.1 Å². The molecule has 1 aliphatic carbocycles. The molecule has 0 spiro atoms. The van der Waals surface area contributed by atoms with Crippen LogP contribution in [0.2, 0.25) is 0 Å². The Bertz CT molecular complexity index is 1030. The summed E-state index contributed by atoms with van der Waals surface area (Å²) >= 11 is 0. The zero-order chi connectivity index (χ0) is 24.2. The molecule has 4 rings (SSSR count). The summed E-state index contributed by atoms with van der Waals surface area (Å²) in [6, 6.07) is 14.7. The van der Waals surface area contributed by atoms with E-state index in [0.717, 1.165) is 22.3 Å². The number of rotatable bonds is 7. The van der Waals surface area contributed by atoms with E-state index in [0.29, 0.717) is 19.4 Å². The molecule has 1 fully saturated rings. The van der Waals surface area contributed by atoms with Crippen molar-refractivity contribution in [3.05, 3.63) is 59.7 Å². The topological polar surface area (TPSA) is 105 Å². The zero-order valence-electron chi connectivity index (χ0n) is 19.4. The summed E-state index contributed by atoms with van der Waals surface area (Å²) in [5.74, 6) is -2.00. The number of aliphatic carboxylic acids is 1. The van der Waals surface area contributed by atoms with Crippen molar-refractivity contribution in [1.29, 1.82) is 0 Å². The second kappa shape index (κ2) is 10.3. The first kappa shape index (κ1) is 23.8. The van der Waals surface area contributed by atoms with E-state index in [2.05, 4.69) is 17.4 Å². The first-order valence-corrected chi connectivity index (χ1v) is 11.6. The first-order valence-electron chi connectivity index (χ1n) is 11.6. The Morgan fingerprint density at radius 2 is 1.71 bits per heavy atom. The van der Waals surface area contributed by atoms with Gasteiger partial charge in [-0.25, -0.2) is 4.79 Å². The van der Waals surface area contributed by atoms with Crippen LogP contribution in [0.3, 0.4) is 0 Å². The van der Waals surface area contributed by atoms with Gasteiger partial charge in [-0.1, -0.05) is 48.5 Å². The predicted molar refractivity (Wildman–Crippen MR) is 125 cm³/mol. The number of ether oxygens (including phenoxy) is 2. The van der Waals surface area contributed by atoms with Gasteiger partial charge in [0, 0.05) is 25.6 Å². The molecule has 8 heteroatoms. The maximum absolute atomic E-state index is 13.2. The maximum Gasteiger partial charge on any atom is 0.407 e. The van der Waals surface area contributed by atoms with E-state index in [1.165, 1.54) is 12.0 Å². The summed E-state index contributed by atoms with van der Waals surface area (Å²) in [4.78, 5) is 38.9. The van der Waals surface area contributed by atoms with E-state index < -0.39 is 30.1 Å². The van der Waals surface area contributed by atoms with Crippen LogP contribution in [0.4, 0.5) is 4.79 Å². The molecule has 0 bridgehead atoms. The second-order valence-electron chi connectivity index (χ2n) is 8.84. The molecule has 0 radical (unpaired) electrons. The highest BCUT2D eigenvalue weighted by Gasteiger charge is 2.38. The minimum Gasteiger partial charge on any atom is -0.481 e. The van der Waals surface area contributed by atoms with Crippen molar-refractivity contribution in [2.75, 3.05) is 26.9 Å². The van der Waals surface area contributed by atoms with Crippen molar-refractivity contribution >= 4 is 18.0 Å². The highest BCUT2D eigenvalue weighted by molar-refractivity contribution is 5.87. The Morgan fingerprint density at radius 1 is 1.09 bits per heavy atom. The van der Waals surface area contributed by atoms with E-state index in [1.807, 2.05) is 36.4 Å². The molecule has 2 aromatic rings. The Balaban J connectivity index is 1.42. The molecule has 34 heavy (non-hydrogen) atoms. The van der Waals surface area contributed by atoms with E-state index >= 15 is 0 Å². The number of carbonyl (C=O) groups is 3. The molecule has 2 aromatic carbocycles. The van der Waals surface area contributed by atoms with Gasteiger partial charge in [-0.15, -0.1) is 0 Å². The fourth-order valence-electron chi connectivity index (χ4n) is 5.11. The summed E-state index contributed by atoms with van der Waals surface area (Å²) in [6.45, 7) is 2.27. The van der Waals surface area contributed by atoms with Crippen molar-refractivity contribution < 1.29 is 29.0 Å². The predicted octanol–water partition coefficient (Wildman–Crippen LogP) is 3.25. The van der Waals surface area contributed by atoms with Crippen molar-refractivity contribution in [3.8, 4) is 11.1 Å². The number of piperidine rings is 1. The second-order valence-corrected chi connectivity index (χ2v) is 8.84. The molecule has 3 atom stereocenters. The molecule has 8 nitrogen and oxygen atoms in total. The molecular weight excluding hydrogens is 436 g/mol. The number of nitrogens with zero attached hydrogens (tertiary/aromatic N) is 1. The molecular formula is C26H30N2O6. The van der Waals surface area contributed by atoms with Crippen LogP contribution in [0.15, 0.2) is 48.5 Å². The molecule has 1 heterocycles. The van der Waals surface area contributed by atoms with Gasteiger partial charge in [0.2, 0.25) is 5.91 Å². The number of hydrogen-bond acceptors (Lipinski definition) is 5. The van der Waals surface area contributed by atoms with Crippen LogP contribution in [0.1, 0.15) is 36.8 Å². The summed E-state index contributed by atoms with van der Waals surface area (Å²) in [6.07, 6.45) is 0.406. The third-order valence-corrected chi connectivity index (χ3v) is 6.86. The van der Waals surface area contributed by atoms with Crippen LogP contribution in [0, 0.1) is 5.92 Å². The van der Waals surface area contributed by atoms with Gasteiger partial charge in [-0.3, -0.25) is 9.59 Å². The number of methoxy groups -OCH3 is 1. The van der Waals surface area contributed by atoms with E-state index in [9.17, 15) is 19.5 Å². The molecule has 1 aliphatic heterocycles. The van der Waals surface area contributed by atoms with Gasteiger partial charge in [0.15, 0.2) is 0 Å². The minimum absolute atomic E-state index is 0.0377. The Hall–Kier alpha value is -3.39. The summed E-state index contributed by atoms with van der Waals surface area (Å²) < 4.78 is 10.7.